The van der Waals surface area contributed by atoms with Crippen LogP contribution in [0.25, 0.3) is 0 Å². The highest BCUT2D eigenvalue weighted by Crippen LogP contribution is 2.24. The van der Waals surface area contributed by atoms with E-state index in [9.17, 15) is 8.42 Å². The van der Waals surface area contributed by atoms with Crippen molar-refractivity contribution in [2.45, 2.75) is 18.6 Å². The minimum absolute atomic E-state index is 0.166. The van der Waals surface area contributed by atoms with Crippen LogP contribution in [0.5, 0.6) is 0 Å². The number of hydrogen-bond acceptors (Lipinski definition) is 3. The smallest absolute Gasteiger partial charge is 0.153 e. The van der Waals surface area contributed by atoms with E-state index >= 15 is 0 Å². The predicted octanol–water partition coefficient (Wildman–Crippen LogP) is -0.232. The Balaban J connectivity index is 2.71. The SMILES string of the molecule is CC1CC(CN)CS1(=O)=O. The van der Waals surface area contributed by atoms with Crippen LogP contribution >= 0.6 is 0 Å². The van der Waals surface area contributed by atoms with Gasteiger partial charge in [-0.15, -0.1) is 0 Å². The molecule has 0 amide bonds. The van der Waals surface area contributed by atoms with Crippen molar-refractivity contribution in [2.75, 3.05) is 12.3 Å². The molecule has 4 heteroatoms. The number of hydrogen-bond donors (Lipinski definition) is 1. The van der Waals surface area contributed by atoms with Gasteiger partial charge in [0.15, 0.2) is 9.84 Å². The zero-order chi connectivity index (χ0) is 7.78. The first kappa shape index (κ1) is 8.01. The van der Waals surface area contributed by atoms with Gasteiger partial charge in [-0.25, -0.2) is 8.42 Å². The standard InChI is InChI=1S/C6H13NO2S/c1-5-2-6(3-7)4-10(5,8)9/h5-6H,2-4,7H2,1H3. The molecule has 0 saturated carbocycles. The van der Waals surface area contributed by atoms with E-state index in [2.05, 4.69) is 0 Å². The van der Waals surface area contributed by atoms with Gasteiger partial charge >= 0.3 is 0 Å². The molecule has 1 saturated heterocycles. The Morgan fingerprint density at radius 2 is 2.20 bits per heavy atom. The quantitative estimate of drug-likeness (QED) is 0.581. The van der Waals surface area contributed by atoms with Crippen molar-refractivity contribution in [3.8, 4) is 0 Å². The van der Waals surface area contributed by atoms with Crippen LogP contribution in [0.4, 0.5) is 0 Å². The monoisotopic (exact) mass is 163 g/mol. The minimum Gasteiger partial charge on any atom is -0.330 e. The normalized spacial score (nSPS) is 38.2. The van der Waals surface area contributed by atoms with Crippen LogP contribution in [-0.4, -0.2) is 26.0 Å². The van der Waals surface area contributed by atoms with Gasteiger partial charge in [0.1, 0.15) is 0 Å². The van der Waals surface area contributed by atoms with Crippen molar-refractivity contribution in [1.29, 1.82) is 0 Å². The number of rotatable bonds is 1. The van der Waals surface area contributed by atoms with Gasteiger partial charge in [-0.1, -0.05) is 0 Å². The summed E-state index contributed by atoms with van der Waals surface area (Å²) in [7, 11) is -2.77. The van der Waals surface area contributed by atoms with E-state index in [0.717, 1.165) is 6.42 Å². The molecule has 2 unspecified atom stereocenters. The summed E-state index contributed by atoms with van der Waals surface area (Å²) >= 11 is 0. The molecule has 1 aliphatic heterocycles. The van der Waals surface area contributed by atoms with Crippen molar-refractivity contribution in [3.63, 3.8) is 0 Å². The Morgan fingerprint density at radius 3 is 2.40 bits per heavy atom. The molecule has 0 aromatic heterocycles. The first-order valence-corrected chi connectivity index (χ1v) is 5.19. The lowest BCUT2D eigenvalue weighted by Crippen LogP contribution is -2.15. The van der Waals surface area contributed by atoms with Gasteiger partial charge in [-0.3, -0.25) is 0 Å². The maximum Gasteiger partial charge on any atom is 0.153 e. The molecule has 0 radical (unpaired) electrons. The van der Waals surface area contributed by atoms with Crippen LogP contribution in [-0.2, 0) is 9.84 Å². The van der Waals surface area contributed by atoms with Crippen LogP contribution in [0.15, 0.2) is 0 Å². The van der Waals surface area contributed by atoms with Gasteiger partial charge in [0.25, 0.3) is 0 Å². The fourth-order valence-corrected chi connectivity index (χ4v) is 3.16. The molecule has 60 valence electrons. The summed E-state index contributed by atoms with van der Waals surface area (Å²) in [5.74, 6) is 0.505. The van der Waals surface area contributed by atoms with Gasteiger partial charge < -0.3 is 5.73 Å². The lowest BCUT2D eigenvalue weighted by Gasteiger charge is -1.99. The molecule has 0 aliphatic carbocycles. The van der Waals surface area contributed by atoms with E-state index in [-0.39, 0.29) is 11.2 Å². The van der Waals surface area contributed by atoms with Gasteiger partial charge in [-0.05, 0) is 25.8 Å². The molecule has 0 aromatic carbocycles. The third-order valence-corrected chi connectivity index (χ3v) is 4.43. The zero-order valence-electron chi connectivity index (χ0n) is 6.08. The first-order valence-electron chi connectivity index (χ1n) is 3.48. The van der Waals surface area contributed by atoms with Crippen LogP contribution in [0.1, 0.15) is 13.3 Å². The largest absolute Gasteiger partial charge is 0.330 e. The summed E-state index contributed by atoms with van der Waals surface area (Å²) < 4.78 is 22.2. The Hall–Kier alpha value is -0.0900. The average Bonchev–Trinajstić information content (AvgIpc) is 2.08. The Morgan fingerprint density at radius 1 is 1.60 bits per heavy atom. The molecule has 3 nitrogen and oxygen atoms in total. The minimum atomic E-state index is -2.77. The van der Waals surface area contributed by atoms with Crippen LogP contribution < -0.4 is 5.73 Å². The second kappa shape index (κ2) is 2.51. The van der Waals surface area contributed by atoms with E-state index in [4.69, 9.17) is 5.73 Å². The van der Waals surface area contributed by atoms with Crippen molar-refractivity contribution < 1.29 is 8.42 Å². The molecule has 2 atom stereocenters. The summed E-state index contributed by atoms with van der Waals surface area (Å²) in [4.78, 5) is 0. The topological polar surface area (TPSA) is 60.2 Å². The first-order chi connectivity index (χ1) is 4.56. The van der Waals surface area contributed by atoms with Crippen molar-refractivity contribution in [1.82, 2.24) is 0 Å². The molecule has 0 aromatic rings. The summed E-state index contributed by atoms with van der Waals surface area (Å²) in [6, 6.07) is 0. The highest BCUT2D eigenvalue weighted by atomic mass is 32.2. The molecule has 1 rings (SSSR count). The third kappa shape index (κ3) is 1.32. The fourth-order valence-electron chi connectivity index (χ4n) is 1.34. The maximum atomic E-state index is 11.1. The lowest BCUT2D eigenvalue weighted by atomic mass is 10.1. The molecular formula is C6H13NO2S. The predicted molar refractivity (Wildman–Crippen MR) is 40.4 cm³/mol. The number of sulfone groups is 1. The Labute approximate surface area is 61.5 Å². The highest BCUT2D eigenvalue weighted by molar-refractivity contribution is 7.92. The summed E-state index contributed by atoms with van der Waals surface area (Å²) in [6.45, 7) is 2.26. The van der Waals surface area contributed by atoms with E-state index < -0.39 is 9.84 Å². The van der Waals surface area contributed by atoms with Crippen LogP contribution in [0, 0.1) is 5.92 Å². The molecule has 2 N–H and O–H groups in total. The van der Waals surface area contributed by atoms with E-state index in [1.165, 1.54) is 0 Å². The van der Waals surface area contributed by atoms with Gasteiger partial charge in [0.05, 0.1) is 11.0 Å². The summed E-state index contributed by atoms with van der Waals surface area (Å²) in [6.07, 6.45) is 0.749. The number of nitrogens with two attached hydrogens (primary N) is 1. The summed E-state index contributed by atoms with van der Waals surface area (Å²) in [5, 5.41) is -0.166. The van der Waals surface area contributed by atoms with Crippen molar-refractivity contribution in [3.05, 3.63) is 0 Å². The second-order valence-electron chi connectivity index (χ2n) is 2.98. The van der Waals surface area contributed by atoms with Crippen molar-refractivity contribution in [2.24, 2.45) is 11.7 Å². The molecule has 1 fully saturated rings. The van der Waals surface area contributed by atoms with E-state index in [1.807, 2.05) is 0 Å². The van der Waals surface area contributed by atoms with Crippen LogP contribution in [0.2, 0.25) is 0 Å². The second-order valence-corrected chi connectivity index (χ2v) is 5.44. The third-order valence-electron chi connectivity index (χ3n) is 2.08. The molecule has 0 bridgehead atoms. The van der Waals surface area contributed by atoms with Gasteiger partial charge in [-0.2, -0.15) is 0 Å². The van der Waals surface area contributed by atoms with Crippen molar-refractivity contribution >= 4 is 9.84 Å². The molecular weight excluding hydrogens is 150 g/mol. The maximum absolute atomic E-state index is 11.1. The van der Waals surface area contributed by atoms with E-state index in [1.54, 1.807) is 6.92 Å². The molecule has 0 spiro atoms. The lowest BCUT2D eigenvalue weighted by molar-refractivity contribution is 0.579. The average molecular weight is 163 g/mol. The van der Waals surface area contributed by atoms with Gasteiger partial charge in [0, 0.05) is 0 Å². The Bertz CT molecular complexity index is 210. The molecule has 1 aliphatic rings. The fraction of sp³-hybridized carbons (Fsp3) is 1.00. The Kier molecular flexibility index (Phi) is 2.01. The van der Waals surface area contributed by atoms with Crippen LogP contribution in [0.3, 0.4) is 0 Å². The molecule has 1 heterocycles. The zero-order valence-corrected chi connectivity index (χ0v) is 6.89. The summed E-state index contributed by atoms with van der Waals surface area (Å²) in [5.41, 5.74) is 5.35. The highest BCUT2D eigenvalue weighted by Gasteiger charge is 2.33. The molecule has 10 heavy (non-hydrogen) atoms. The van der Waals surface area contributed by atoms with E-state index in [0.29, 0.717) is 12.3 Å². The van der Waals surface area contributed by atoms with Gasteiger partial charge in [0.2, 0.25) is 0 Å².